The van der Waals surface area contributed by atoms with E-state index in [2.05, 4.69) is 10.6 Å². The van der Waals surface area contributed by atoms with Crippen LogP contribution < -0.4 is 10.6 Å². The molecule has 0 radical (unpaired) electrons. The van der Waals surface area contributed by atoms with Gasteiger partial charge in [-0.1, -0.05) is 30.3 Å². The number of likely N-dealkylation sites (tertiary alicyclic amines) is 1. The first-order valence-electron chi connectivity index (χ1n) is 8.19. The fourth-order valence-corrected chi connectivity index (χ4v) is 3.56. The Balaban J connectivity index is 1.22. The van der Waals surface area contributed by atoms with Crippen LogP contribution in [0.15, 0.2) is 30.3 Å². The zero-order chi connectivity index (χ0) is 15.8. The SMILES string of the molecule is O=C(NC1CNC1)C1[C@H]2CN(C(=O)OCc3ccccc3)C[C@H]12. The van der Waals surface area contributed by atoms with Gasteiger partial charge < -0.3 is 20.3 Å². The third kappa shape index (κ3) is 2.91. The second kappa shape index (κ2) is 5.85. The van der Waals surface area contributed by atoms with Gasteiger partial charge in [0.05, 0.1) is 6.04 Å². The number of rotatable bonds is 4. The summed E-state index contributed by atoms with van der Waals surface area (Å²) in [7, 11) is 0. The second-order valence-electron chi connectivity index (χ2n) is 6.66. The van der Waals surface area contributed by atoms with Crippen molar-refractivity contribution in [1.29, 1.82) is 0 Å². The van der Waals surface area contributed by atoms with E-state index in [0.717, 1.165) is 18.7 Å². The van der Waals surface area contributed by atoms with Crippen molar-refractivity contribution < 1.29 is 14.3 Å². The van der Waals surface area contributed by atoms with Crippen molar-refractivity contribution in [3.05, 3.63) is 35.9 Å². The summed E-state index contributed by atoms with van der Waals surface area (Å²) in [5.41, 5.74) is 0.983. The molecule has 3 aliphatic rings. The number of hydrogen-bond donors (Lipinski definition) is 2. The first-order valence-corrected chi connectivity index (χ1v) is 8.19. The summed E-state index contributed by atoms with van der Waals surface area (Å²) < 4.78 is 5.35. The number of carbonyl (C=O) groups excluding carboxylic acids is 2. The number of fused-ring (bicyclic) bond motifs is 1. The molecule has 2 aliphatic heterocycles. The Bertz CT molecular complexity index is 590. The molecule has 6 nitrogen and oxygen atoms in total. The van der Waals surface area contributed by atoms with Crippen molar-refractivity contribution in [2.45, 2.75) is 12.6 Å². The monoisotopic (exact) mass is 315 g/mol. The van der Waals surface area contributed by atoms with Crippen molar-refractivity contribution in [2.75, 3.05) is 26.2 Å². The van der Waals surface area contributed by atoms with Gasteiger partial charge in [0, 0.05) is 32.1 Å². The third-order valence-electron chi connectivity index (χ3n) is 5.09. The molecule has 2 amide bonds. The predicted octanol–water partition coefficient (Wildman–Crippen LogP) is 0.589. The molecule has 2 heterocycles. The van der Waals surface area contributed by atoms with Gasteiger partial charge in [-0.2, -0.15) is 0 Å². The van der Waals surface area contributed by atoms with E-state index in [-0.39, 0.29) is 24.0 Å². The molecule has 3 fully saturated rings. The van der Waals surface area contributed by atoms with Crippen LogP contribution in [0.25, 0.3) is 0 Å². The largest absolute Gasteiger partial charge is 0.445 e. The maximum Gasteiger partial charge on any atom is 0.410 e. The highest BCUT2D eigenvalue weighted by molar-refractivity contribution is 5.83. The van der Waals surface area contributed by atoms with Crippen molar-refractivity contribution in [3.8, 4) is 0 Å². The summed E-state index contributed by atoms with van der Waals surface area (Å²) in [5, 5.41) is 6.20. The Kier molecular flexibility index (Phi) is 3.69. The molecular formula is C17H21N3O3. The van der Waals surface area contributed by atoms with Gasteiger partial charge in [-0.05, 0) is 17.4 Å². The molecule has 2 N–H and O–H groups in total. The molecule has 1 saturated carbocycles. The molecular weight excluding hydrogens is 294 g/mol. The topological polar surface area (TPSA) is 70.7 Å². The van der Waals surface area contributed by atoms with Crippen LogP contribution in [0.1, 0.15) is 5.56 Å². The Morgan fingerprint density at radius 3 is 2.48 bits per heavy atom. The quantitative estimate of drug-likeness (QED) is 0.853. The smallest absolute Gasteiger partial charge is 0.410 e. The molecule has 2 atom stereocenters. The Labute approximate surface area is 135 Å². The summed E-state index contributed by atoms with van der Waals surface area (Å²) in [4.78, 5) is 26.0. The number of nitrogens with zero attached hydrogens (tertiary/aromatic N) is 1. The van der Waals surface area contributed by atoms with E-state index in [9.17, 15) is 9.59 Å². The Hall–Kier alpha value is -2.08. The summed E-state index contributed by atoms with van der Waals surface area (Å²) in [6, 6.07) is 9.94. The minimum atomic E-state index is -0.275. The Morgan fingerprint density at radius 1 is 1.17 bits per heavy atom. The highest BCUT2D eigenvalue weighted by atomic mass is 16.6. The molecule has 0 unspecified atom stereocenters. The van der Waals surface area contributed by atoms with E-state index in [4.69, 9.17) is 4.74 Å². The van der Waals surface area contributed by atoms with Crippen LogP contribution in [0.5, 0.6) is 0 Å². The first-order chi connectivity index (χ1) is 11.2. The lowest BCUT2D eigenvalue weighted by Crippen LogP contribution is -2.57. The number of nitrogens with one attached hydrogen (secondary N) is 2. The van der Waals surface area contributed by atoms with Crippen LogP contribution in [0.2, 0.25) is 0 Å². The van der Waals surface area contributed by atoms with Crippen LogP contribution in [0, 0.1) is 17.8 Å². The highest BCUT2D eigenvalue weighted by Gasteiger charge is 2.60. The molecule has 6 heteroatoms. The highest BCUT2D eigenvalue weighted by Crippen LogP contribution is 2.51. The lowest BCUT2D eigenvalue weighted by molar-refractivity contribution is -0.124. The van der Waals surface area contributed by atoms with Gasteiger partial charge in [0.15, 0.2) is 0 Å². The average Bonchev–Trinajstić information content (AvgIpc) is 3.03. The van der Waals surface area contributed by atoms with E-state index < -0.39 is 0 Å². The summed E-state index contributed by atoms with van der Waals surface area (Å²) in [6.45, 7) is 3.31. The molecule has 0 bridgehead atoms. The maximum atomic E-state index is 12.1. The summed E-state index contributed by atoms with van der Waals surface area (Å²) >= 11 is 0. The van der Waals surface area contributed by atoms with Crippen LogP contribution in [0.3, 0.4) is 0 Å². The zero-order valence-electron chi connectivity index (χ0n) is 12.9. The first kappa shape index (κ1) is 14.5. The molecule has 0 spiro atoms. The second-order valence-corrected chi connectivity index (χ2v) is 6.66. The van der Waals surface area contributed by atoms with Crippen molar-refractivity contribution >= 4 is 12.0 Å². The number of benzene rings is 1. The number of piperidine rings is 1. The number of amides is 2. The van der Waals surface area contributed by atoms with E-state index in [0.29, 0.717) is 31.5 Å². The molecule has 0 aromatic heterocycles. The van der Waals surface area contributed by atoms with Crippen LogP contribution in [-0.4, -0.2) is 49.1 Å². The van der Waals surface area contributed by atoms with Gasteiger partial charge >= 0.3 is 6.09 Å². The lowest BCUT2D eigenvalue weighted by Gasteiger charge is -2.28. The number of hydrogen-bond acceptors (Lipinski definition) is 4. The standard InChI is InChI=1S/C17H21N3O3/c21-16(19-12-6-18-7-12)15-13-8-20(9-14(13)15)17(22)23-10-11-4-2-1-3-5-11/h1-5,12-15,18H,6-10H2,(H,19,21)/t13-,14-/m0/s1. The van der Waals surface area contributed by atoms with Gasteiger partial charge in [0.2, 0.25) is 5.91 Å². The molecule has 1 aromatic carbocycles. The Morgan fingerprint density at radius 2 is 1.87 bits per heavy atom. The van der Waals surface area contributed by atoms with Crippen LogP contribution in [-0.2, 0) is 16.1 Å². The van der Waals surface area contributed by atoms with Gasteiger partial charge in [-0.25, -0.2) is 4.79 Å². The van der Waals surface area contributed by atoms with E-state index in [1.807, 2.05) is 30.3 Å². The lowest BCUT2D eigenvalue weighted by atomic mass is 10.1. The predicted molar refractivity (Wildman–Crippen MR) is 83.5 cm³/mol. The molecule has 2 saturated heterocycles. The van der Waals surface area contributed by atoms with E-state index in [1.165, 1.54) is 0 Å². The van der Waals surface area contributed by atoms with E-state index >= 15 is 0 Å². The fourth-order valence-electron chi connectivity index (χ4n) is 3.56. The van der Waals surface area contributed by atoms with Crippen molar-refractivity contribution in [3.63, 3.8) is 0 Å². The molecule has 1 aromatic rings. The molecule has 1 aliphatic carbocycles. The molecule has 122 valence electrons. The summed E-state index contributed by atoms with van der Waals surface area (Å²) in [5.74, 6) is 0.872. The van der Waals surface area contributed by atoms with Gasteiger partial charge in [-0.3, -0.25) is 4.79 Å². The average molecular weight is 315 g/mol. The normalized spacial score (nSPS) is 28.7. The van der Waals surface area contributed by atoms with Crippen molar-refractivity contribution in [2.24, 2.45) is 17.8 Å². The van der Waals surface area contributed by atoms with Crippen molar-refractivity contribution in [1.82, 2.24) is 15.5 Å². The zero-order valence-corrected chi connectivity index (χ0v) is 12.9. The minimum Gasteiger partial charge on any atom is -0.445 e. The van der Waals surface area contributed by atoms with Crippen LogP contribution >= 0.6 is 0 Å². The summed E-state index contributed by atoms with van der Waals surface area (Å²) in [6.07, 6.45) is -0.275. The number of carbonyl (C=O) groups is 2. The molecule has 4 rings (SSSR count). The third-order valence-corrected chi connectivity index (χ3v) is 5.09. The van der Waals surface area contributed by atoms with Gasteiger partial charge in [0.25, 0.3) is 0 Å². The van der Waals surface area contributed by atoms with Gasteiger partial charge in [0.1, 0.15) is 6.61 Å². The maximum absolute atomic E-state index is 12.1. The molecule has 23 heavy (non-hydrogen) atoms. The fraction of sp³-hybridized carbons (Fsp3) is 0.529. The van der Waals surface area contributed by atoms with E-state index in [1.54, 1.807) is 4.90 Å². The number of ether oxygens (including phenoxy) is 1. The minimum absolute atomic E-state index is 0.0915. The van der Waals surface area contributed by atoms with Gasteiger partial charge in [-0.15, -0.1) is 0 Å². The van der Waals surface area contributed by atoms with Crippen LogP contribution in [0.4, 0.5) is 4.79 Å².